The summed E-state index contributed by atoms with van der Waals surface area (Å²) in [5.41, 5.74) is 9.71. The fourth-order valence-electron chi connectivity index (χ4n) is 3.43. The largest absolute Gasteiger partial charge is 0.489 e. The van der Waals surface area contributed by atoms with Gasteiger partial charge in [-0.1, -0.05) is 42.5 Å². The Morgan fingerprint density at radius 3 is 2.61 bits per heavy atom. The van der Waals surface area contributed by atoms with Gasteiger partial charge in [-0.15, -0.1) is 0 Å². The van der Waals surface area contributed by atoms with Crippen LogP contribution in [0.4, 0.5) is 5.95 Å². The number of nitrogen functional groups attached to an aromatic ring is 1. The Morgan fingerprint density at radius 2 is 1.81 bits per heavy atom. The number of hydrogen-bond donors (Lipinski definition) is 1. The van der Waals surface area contributed by atoms with E-state index >= 15 is 0 Å². The molecule has 3 aromatic heterocycles. The number of nitrogens with zero attached hydrogens (tertiary/aromatic N) is 6. The Labute approximate surface area is 178 Å². The van der Waals surface area contributed by atoms with Gasteiger partial charge >= 0.3 is 0 Å². The lowest BCUT2D eigenvalue weighted by Gasteiger charge is -2.09. The fraction of sp³-hybridized carbons (Fsp3) is 0.130. The molecule has 0 saturated heterocycles. The van der Waals surface area contributed by atoms with Crippen molar-refractivity contribution in [1.82, 2.24) is 29.5 Å². The average Bonchev–Trinajstić information content (AvgIpc) is 3.39. The first-order valence-electron chi connectivity index (χ1n) is 9.93. The van der Waals surface area contributed by atoms with E-state index in [4.69, 9.17) is 10.5 Å². The first-order chi connectivity index (χ1) is 15.2. The van der Waals surface area contributed by atoms with Gasteiger partial charge in [-0.2, -0.15) is 20.2 Å². The first kappa shape index (κ1) is 18.8. The Bertz CT molecular complexity index is 1340. The molecule has 0 bridgehead atoms. The van der Waals surface area contributed by atoms with Gasteiger partial charge in [-0.3, -0.25) is 0 Å². The van der Waals surface area contributed by atoms with Gasteiger partial charge in [0, 0.05) is 6.20 Å². The minimum Gasteiger partial charge on any atom is -0.489 e. The summed E-state index contributed by atoms with van der Waals surface area (Å²) in [6, 6.07) is 20.0. The molecule has 0 aliphatic heterocycles. The molecule has 31 heavy (non-hydrogen) atoms. The molecule has 2 aromatic carbocycles. The van der Waals surface area contributed by atoms with Crippen molar-refractivity contribution in [3.05, 3.63) is 89.9 Å². The van der Waals surface area contributed by atoms with E-state index in [1.54, 1.807) is 10.9 Å². The molecule has 0 aliphatic rings. The summed E-state index contributed by atoms with van der Waals surface area (Å²) in [5.74, 6) is 1.60. The first-order valence-corrected chi connectivity index (χ1v) is 9.93. The van der Waals surface area contributed by atoms with Crippen LogP contribution in [0.2, 0.25) is 0 Å². The van der Waals surface area contributed by atoms with Crippen molar-refractivity contribution in [2.75, 3.05) is 5.73 Å². The second kappa shape index (κ2) is 7.91. The highest BCUT2D eigenvalue weighted by molar-refractivity contribution is 5.83. The highest BCUT2D eigenvalue weighted by Gasteiger charge is 2.14. The number of rotatable bonds is 6. The maximum Gasteiger partial charge on any atom is 0.224 e. The number of aryl methyl sites for hydroxylation is 1. The number of aromatic nitrogens is 6. The van der Waals surface area contributed by atoms with Gasteiger partial charge in [0.25, 0.3) is 0 Å². The van der Waals surface area contributed by atoms with Crippen molar-refractivity contribution in [2.24, 2.45) is 0 Å². The third-order valence-corrected chi connectivity index (χ3v) is 4.91. The maximum atomic E-state index is 5.98. The molecule has 3 heterocycles. The number of nitrogens with two attached hydrogens (primary N) is 1. The van der Waals surface area contributed by atoms with E-state index in [1.807, 2.05) is 78.5 Å². The molecule has 0 saturated carbocycles. The second-order valence-corrected chi connectivity index (χ2v) is 7.27. The van der Waals surface area contributed by atoms with Crippen LogP contribution in [0.15, 0.2) is 73.1 Å². The van der Waals surface area contributed by atoms with Crippen LogP contribution in [0, 0.1) is 6.92 Å². The summed E-state index contributed by atoms with van der Waals surface area (Å²) in [6.45, 7) is 2.97. The van der Waals surface area contributed by atoms with Crippen LogP contribution in [-0.4, -0.2) is 29.5 Å². The smallest absolute Gasteiger partial charge is 0.224 e. The number of hydrogen-bond acceptors (Lipinski definition) is 6. The molecular formula is C23H21N7O. The second-order valence-electron chi connectivity index (χ2n) is 7.27. The molecule has 0 unspecified atom stereocenters. The summed E-state index contributed by atoms with van der Waals surface area (Å²) < 4.78 is 9.45. The highest BCUT2D eigenvalue weighted by atomic mass is 16.5. The molecule has 0 amide bonds. The van der Waals surface area contributed by atoms with Crippen LogP contribution >= 0.6 is 0 Å². The van der Waals surface area contributed by atoms with Gasteiger partial charge in [0.15, 0.2) is 11.5 Å². The Hall–Kier alpha value is -4.20. The third kappa shape index (κ3) is 3.95. The Kier molecular flexibility index (Phi) is 4.80. The Morgan fingerprint density at radius 1 is 0.968 bits per heavy atom. The van der Waals surface area contributed by atoms with E-state index in [-0.39, 0.29) is 5.95 Å². The van der Waals surface area contributed by atoms with Gasteiger partial charge in [-0.25, -0.2) is 9.36 Å². The predicted molar refractivity (Wildman–Crippen MR) is 118 cm³/mol. The van der Waals surface area contributed by atoms with Gasteiger partial charge in [0.2, 0.25) is 5.95 Å². The quantitative estimate of drug-likeness (QED) is 0.459. The topological polar surface area (TPSA) is 96.7 Å². The van der Waals surface area contributed by atoms with Gasteiger partial charge in [0.1, 0.15) is 12.4 Å². The number of anilines is 1. The van der Waals surface area contributed by atoms with E-state index < -0.39 is 0 Å². The summed E-state index contributed by atoms with van der Waals surface area (Å²) >= 11 is 0. The van der Waals surface area contributed by atoms with Crippen LogP contribution in [0.25, 0.3) is 16.9 Å². The predicted octanol–water partition coefficient (Wildman–Crippen LogP) is 3.53. The average molecular weight is 411 g/mol. The molecule has 5 aromatic rings. The summed E-state index contributed by atoms with van der Waals surface area (Å²) in [5, 5.41) is 9.75. The molecule has 154 valence electrons. The van der Waals surface area contributed by atoms with E-state index in [0.29, 0.717) is 24.6 Å². The standard InChI is InChI=1S/C23H21N7O/c1-16-10-11-29(28-16)21-20-13-25-30(22(20)27-23(24)26-21)14-18-8-5-9-19(12-18)31-15-17-6-3-2-4-7-17/h2-13H,14-15H2,1H3,(H2,24,26,27). The molecular weight excluding hydrogens is 390 g/mol. The number of fused-ring (bicyclic) bond motifs is 1. The molecule has 8 nitrogen and oxygen atoms in total. The molecule has 5 rings (SSSR count). The molecule has 0 aliphatic carbocycles. The van der Waals surface area contributed by atoms with Crippen LogP contribution in [0.5, 0.6) is 5.75 Å². The van der Waals surface area contributed by atoms with Gasteiger partial charge < -0.3 is 10.5 Å². The molecule has 0 atom stereocenters. The lowest BCUT2D eigenvalue weighted by atomic mass is 10.2. The maximum absolute atomic E-state index is 5.98. The summed E-state index contributed by atoms with van der Waals surface area (Å²) in [6.07, 6.45) is 3.60. The number of benzene rings is 2. The monoisotopic (exact) mass is 411 g/mol. The van der Waals surface area contributed by atoms with Crippen molar-refractivity contribution in [3.63, 3.8) is 0 Å². The van der Waals surface area contributed by atoms with Crippen LogP contribution in [-0.2, 0) is 13.2 Å². The van der Waals surface area contributed by atoms with Gasteiger partial charge in [-0.05, 0) is 36.2 Å². The van der Waals surface area contributed by atoms with E-state index in [2.05, 4.69) is 20.2 Å². The summed E-state index contributed by atoms with van der Waals surface area (Å²) in [7, 11) is 0. The van der Waals surface area contributed by atoms with E-state index in [9.17, 15) is 0 Å². The zero-order valence-electron chi connectivity index (χ0n) is 17.0. The third-order valence-electron chi connectivity index (χ3n) is 4.91. The van der Waals surface area contributed by atoms with Crippen molar-refractivity contribution >= 4 is 17.0 Å². The highest BCUT2D eigenvalue weighted by Crippen LogP contribution is 2.22. The molecule has 0 radical (unpaired) electrons. The lowest BCUT2D eigenvalue weighted by molar-refractivity contribution is 0.306. The molecule has 0 spiro atoms. The van der Waals surface area contributed by atoms with Crippen LogP contribution in [0.3, 0.4) is 0 Å². The zero-order valence-corrected chi connectivity index (χ0v) is 17.0. The molecule has 2 N–H and O–H groups in total. The van der Waals surface area contributed by atoms with E-state index in [0.717, 1.165) is 28.0 Å². The van der Waals surface area contributed by atoms with E-state index in [1.165, 1.54) is 0 Å². The van der Waals surface area contributed by atoms with Crippen molar-refractivity contribution in [1.29, 1.82) is 0 Å². The summed E-state index contributed by atoms with van der Waals surface area (Å²) in [4.78, 5) is 8.78. The van der Waals surface area contributed by atoms with Gasteiger partial charge in [0.05, 0.1) is 23.8 Å². The van der Waals surface area contributed by atoms with Crippen molar-refractivity contribution < 1.29 is 4.74 Å². The zero-order chi connectivity index (χ0) is 21.2. The van der Waals surface area contributed by atoms with Crippen molar-refractivity contribution in [2.45, 2.75) is 20.1 Å². The lowest BCUT2D eigenvalue weighted by Crippen LogP contribution is -2.07. The Balaban J connectivity index is 1.41. The molecule has 0 fully saturated rings. The van der Waals surface area contributed by atoms with Crippen molar-refractivity contribution in [3.8, 4) is 11.6 Å². The minimum atomic E-state index is 0.178. The minimum absolute atomic E-state index is 0.178. The normalized spacial score (nSPS) is 11.1. The van der Waals surface area contributed by atoms with Crippen LogP contribution < -0.4 is 10.5 Å². The number of ether oxygens (including phenoxy) is 1. The fourth-order valence-corrected chi connectivity index (χ4v) is 3.43. The molecule has 8 heteroatoms. The van der Waals surface area contributed by atoms with Crippen LogP contribution in [0.1, 0.15) is 16.8 Å². The SMILES string of the molecule is Cc1ccn(-c2nc(N)nc3c2cnn3Cc2cccc(OCc3ccccc3)c2)n1.